The van der Waals surface area contributed by atoms with Gasteiger partial charge in [-0.05, 0) is 36.9 Å². The number of esters is 1. The van der Waals surface area contributed by atoms with Gasteiger partial charge in [0.15, 0.2) is 0 Å². The standard InChI is InChI=1S/C17H24N2O2/c1-21-16(20)17(19-11-4-9-18-10-12-19)8-7-14-5-2-3-6-15(14)13-17/h2-3,5-6,18H,4,7-13H2,1H3. The summed E-state index contributed by atoms with van der Waals surface area (Å²) in [7, 11) is 1.51. The van der Waals surface area contributed by atoms with Gasteiger partial charge < -0.3 is 10.1 Å². The van der Waals surface area contributed by atoms with E-state index in [4.69, 9.17) is 4.74 Å². The van der Waals surface area contributed by atoms with E-state index in [0.29, 0.717) is 0 Å². The van der Waals surface area contributed by atoms with Crippen molar-refractivity contribution in [3.63, 3.8) is 0 Å². The van der Waals surface area contributed by atoms with E-state index in [0.717, 1.165) is 51.9 Å². The molecule has 1 heterocycles. The minimum absolute atomic E-state index is 0.0705. The van der Waals surface area contributed by atoms with Crippen LogP contribution >= 0.6 is 0 Å². The minimum atomic E-state index is -0.477. The predicted octanol–water partition coefficient (Wildman–Crippen LogP) is 1.38. The van der Waals surface area contributed by atoms with E-state index in [-0.39, 0.29) is 5.97 Å². The number of benzene rings is 1. The number of ether oxygens (including phenoxy) is 1. The number of carbonyl (C=O) groups excluding carboxylic acids is 1. The molecule has 1 N–H and O–H groups in total. The molecule has 0 spiro atoms. The summed E-state index contributed by atoms with van der Waals surface area (Å²) in [6.07, 6.45) is 3.67. The summed E-state index contributed by atoms with van der Waals surface area (Å²) in [5, 5.41) is 3.42. The van der Waals surface area contributed by atoms with Crippen molar-refractivity contribution in [1.29, 1.82) is 0 Å². The molecule has 0 saturated carbocycles. The number of fused-ring (bicyclic) bond motifs is 1. The zero-order chi connectivity index (χ0) is 14.7. The summed E-state index contributed by atoms with van der Waals surface area (Å²) in [6.45, 7) is 3.85. The third-order valence-corrected chi connectivity index (χ3v) is 4.92. The molecule has 4 heteroatoms. The van der Waals surface area contributed by atoms with Crippen LogP contribution in [0.5, 0.6) is 0 Å². The number of nitrogens with zero attached hydrogens (tertiary/aromatic N) is 1. The fraction of sp³-hybridized carbons (Fsp3) is 0.588. The Hall–Kier alpha value is -1.39. The molecule has 114 valence electrons. The van der Waals surface area contributed by atoms with Crippen LogP contribution in [0.3, 0.4) is 0 Å². The van der Waals surface area contributed by atoms with E-state index >= 15 is 0 Å². The van der Waals surface area contributed by atoms with Gasteiger partial charge in [0.05, 0.1) is 7.11 Å². The molecule has 2 aliphatic rings. The molecule has 21 heavy (non-hydrogen) atoms. The zero-order valence-corrected chi connectivity index (χ0v) is 12.7. The summed E-state index contributed by atoms with van der Waals surface area (Å²) in [5.74, 6) is -0.0705. The van der Waals surface area contributed by atoms with Crippen LogP contribution in [0.1, 0.15) is 24.0 Å². The van der Waals surface area contributed by atoms with Gasteiger partial charge >= 0.3 is 5.97 Å². The first-order valence-electron chi connectivity index (χ1n) is 7.87. The van der Waals surface area contributed by atoms with E-state index < -0.39 is 5.54 Å². The lowest BCUT2D eigenvalue weighted by molar-refractivity contribution is -0.156. The van der Waals surface area contributed by atoms with Gasteiger partial charge in [0.2, 0.25) is 0 Å². The normalized spacial score (nSPS) is 26.7. The number of rotatable bonds is 2. The second-order valence-electron chi connectivity index (χ2n) is 6.06. The minimum Gasteiger partial charge on any atom is -0.468 e. The second kappa shape index (κ2) is 6.16. The molecule has 1 unspecified atom stereocenters. The number of carbonyl (C=O) groups is 1. The largest absolute Gasteiger partial charge is 0.468 e. The van der Waals surface area contributed by atoms with E-state index in [1.807, 2.05) is 0 Å². The first-order valence-corrected chi connectivity index (χ1v) is 7.87. The quantitative estimate of drug-likeness (QED) is 0.835. The Morgan fingerprint density at radius 1 is 1.24 bits per heavy atom. The molecular weight excluding hydrogens is 264 g/mol. The Bertz CT molecular complexity index is 509. The second-order valence-corrected chi connectivity index (χ2v) is 6.06. The monoisotopic (exact) mass is 288 g/mol. The molecule has 1 aliphatic heterocycles. The average Bonchev–Trinajstić information content (AvgIpc) is 2.83. The van der Waals surface area contributed by atoms with Crippen LogP contribution in [0.25, 0.3) is 0 Å². The van der Waals surface area contributed by atoms with Crippen LogP contribution in [0.15, 0.2) is 24.3 Å². The van der Waals surface area contributed by atoms with Gasteiger partial charge in [-0.15, -0.1) is 0 Å². The summed E-state index contributed by atoms with van der Waals surface area (Å²) >= 11 is 0. The lowest BCUT2D eigenvalue weighted by Crippen LogP contribution is -2.59. The first kappa shape index (κ1) is 14.5. The molecule has 0 amide bonds. The van der Waals surface area contributed by atoms with Gasteiger partial charge in [0.25, 0.3) is 0 Å². The number of nitrogens with one attached hydrogen (secondary N) is 1. The van der Waals surface area contributed by atoms with Crippen LogP contribution in [0.4, 0.5) is 0 Å². The van der Waals surface area contributed by atoms with E-state index in [1.54, 1.807) is 0 Å². The molecule has 1 fully saturated rings. The number of hydrogen-bond donors (Lipinski definition) is 1. The van der Waals surface area contributed by atoms with Gasteiger partial charge in [0.1, 0.15) is 5.54 Å². The Labute approximate surface area is 126 Å². The van der Waals surface area contributed by atoms with Crippen molar-refractivity contribution in [2.24, 2.45) is 0 Å². The Kier molecular flexibility index (Phi) is 4.27. The molecular formula is C17H24N2O2. The third kappa shape index (κ3) is 2.70. The van der Waals surface area contributed by atoms with Crippen LogP contribution in [-0.2, 0) is 22.4 Å². The van der Waals surface area contributed by atoms with Crippen molar-refractivity contribution in [2.45, 2.75) is 31.2 Å². The predicted molar refractivity (Wildman–Crippen MR) is 82.3 cm³/mol. The van der Waals surface area contributed by atoms with E-state index in [2.05, 4.69) is 34.5 Å². The summed E-state index contributed by atoms with van der Waals surface area (Å²) in [6, 6.07) is 8.48. The highest BCUT2D eigenvalue weighted by Crippen LogP contribution is 2.34. The van der Waals surface area contributed by atoms with Crippen molar-refractivity contribution in [3.8, 4) is 0 Å². The zero-order valence-electron chi connectivity index (χ0n) is 12.7. The van der Waals surface area contributed by atoms with Crippen molar-refractivity contribution in [2.75, 3.05) is 33.3 Å². The topological polar surface area (TPSA) is 41.6 Å². The maximum absolute atomic E-state index is 12.6. The number of hydrogen-bond acceptors (Lipinski definition) is 4. The molecule has 1 aromatic rings. The summed E-state index contributed by atoms with van der Waals surface area (Å²) in [5.41, 5.74) is 2.20. The fourth-order valence-corrected chi connectivity index (χ4v) is 3.76. The fourth-order valence-electron chi connectivity index (χ4n) is 3.76. The van der Waals surface area contributed by atoms with Crippen molar-refractivity contribution >= 4 is 5.97 Å². The highest BCUT2D eigenvalue weighted by molar-refractivity contribution is 5.82. The Morgan fingerprint density at radius 3 is 2.86 bits per heavy atom. The maximum Gasteiger partial charge on any atom is 0.326 e. The van der Waals surface area contributed by atoms with Crippen molar-refractivity contribution in [1.82, 2.24) is 10.2 Å². The SMILES string of the molecule is COC(=O)C1(N2CCCNCC2)CCc2ccccc2C1. The van der Waals surface area contributed by atoms with Gasteiger partial charge in [-0.25, -0.2) is 0 Å². The molecule has 1 aliphatic carbocycles. The molecule has 4 nitrogen and oxygen atoms in total. The first-order chi connectivity index (χ1) is 10.3. The van der Waals surface area contributed by atoms with E-state index in [1.165, 1.54) is 18.2 Å². The highest BCUT2D eigenvalue weighted by atomic mass is 16.5. The molecule has 1 atom stereocenters. The maximum atomic E-state index is 12.6. The molecule has 1 aromatic carbocycles. The average molecular weight is 288 g/mol. The number of aryl methyl sites for hydroxylation is 1. The lowest BCUT2D eigenvalue weighted by atomic mass is 9.76. The lowest BCUT2D eigenvalue weighted by Gasteiger charge is -2.44. The molecule has 1 saturated heterocycles. The van der Waals surface area contributed by atoms with Gasteiger partial charge in [0, 0.05) is 26.1 Å². The summed E-state index contributed by atoms with van der Waals surface area (Å²) in [4.78, 5) is 15.0. The Balaban J connectivity index is 1.93. The van der Waals surface area contributed by atoms with E-state index in [9.17, 15) is 4.79 Å². The van der Waals surface area contributed by atoms with Crippen LogP contribution in [0.2, 0.25) is 0 Å². The molecule has 0 bridgehead atoms. The van der Waals surface area contributed by atoms with Crippen molar-refractivity contribution in [3.05, 3.63) is 35.4 Å². The molecule has 0 radical (unpaired) electrons. The van der Waals surface area contributed by atoms with Crippen molar-refractivity contribution < 1.29 is 9.53 Å². The van der Waals surface area contributed by atoms with Gasteiger partial charge in [-0.2, -0.15) is 0 Å². The van der Waals surface area contributed by atoms with Gasteiger partial charge in [-0.1, -0.05) is 24.3 Å². The van der Waals surface area contributed by atoms with Crippen LogP contribution in [0, 0.1) is 0 Å². The smallest absolute Gasteiger partial charge is 0.326 e. The van der Waals surface area contributed by atoms with Gasteiger partial charge in [-0.3, -0.25) is 9.69 Å². The molecule has 3 rings (SSSR count). The highest BCUT2D eigenvalue weighted by Gasteiger charge is 2.47. The molecule has 0 aromatic heterocycles. The van der Waals surface area contributed by atoms with Crippen LogP contribution < -0.4 is 5.32 Å². The Morgan fingerprint density at radius 2 is 2.05 bits per heavy atom. The summed E-state index contributed by atoms with van der Waals surface area (Å²) < 4.78 is 5.20. The van der Waals surface area contributed by atoms with Crippen LogP contribution in [-0.4, -0.2) is 49.7 Å². The third-order valence-electron chi connectivity index (χ3n) is 4.92. The number of methoxy groups -OCH3 is 1.